The zero-order valence-corrected chi connectivity index (χ0v) is 10.1. The molecule has 0 aliphatic rings. The Hall–Kier alpha value is -1.57. The molecule has 2 heteroatoms. The molecule has 1 rings (SSSR count). The third-order valence-electron chi connectivity index (χ3n) is 2.38. The number of hydrogen-bond donors (Lipinski definition) is 0. The number of benzene rings is 1. The summed E-state index contributed by atoms with van der Waals surface area (Å²) in [4.78, 5) is 11.7. The van der Waals surface area contributed by atoms with Crippen LogP contribution in [0.25, 0.3) is 0 Å². The lowest BCUT2D eigenvalue weighted by Crippen LogP contribution is -2.12. The van der Waals surface area contributed by atoms with Crippen molar-refractivity contribution < 1.29 is 9.53 Å². The molecule has 0 aliphatic carbocycles. The van der Waals surface area contributed by atoms with Crippen LogP contribution in [0.5, 0.6) is 0 Å². The molecule has 86 valence electrons. The largest absolute Gasteiger partial charge is 0.457 e. The van der Waals surface area contributed by atoms with Gasteiger partial charge in [-0.15, -0.1) is 0 Å². The van der Waals surface area contributed by atoms with Gasteiger partial charge in [-0.3, -0.25) is 0 Å². The fraction of sp³-hybridized carbons (Fsp3) is 0.357. The van der Waals surface area contributed by atoms with Gasteiger partial charge in [0.25, 0.3) is 0 Å². The molecule has 16 heavy (non-hydrogen) atoms. The van der Waals surface area contributed by atoms with E-state index in [1.54, 1.807) is 0 Å². The van der Waals surface area contributed by atoms with Crippen LogP contribution in [0, 0.1) is 5.92 Å². The van der Waals surface area contributed by atoms with Gasteiger partial charge in [-0.1, -0.05) is 50.3 Å². The molecule has 0 amide bonds. The first kappa shape index (κ1) is 12.5. The lowest BCUT2D eigenvalue weighted by molar-refractivity contribution is -0.140. The van der Waals surface area contributed by atoms with Crippen LogP contribution < -0.4 is 0 Å². The summed E-state index contributed by atoms with van der Waals surface area (Å²) in [5, 5.41) is 0. The highest BCUT2D eigenvalue weighted by Crippen LogP contribution is 2.12. The van der Waals surface area contributed by atoms with E-state index >= 15 is 0 Å². The van der Waals surface area contributed by atoms with Gasteiger partial charge in [-0.05, 0) is 18.4 Å². The summed E-state index contributed by atoms with van der Waals surface area (Å²) in [6, 6.07) is 9.69. The van der Waals surface area contributed by atoms with E-state index < -0.39 is 0 Å². The zero-order valence-electron chi connectivity index (χ0n) is 10.1. The first-order valence-electron chi connectivity index (χ1n) is 5.52. The Balaban J connectivity index is 2.53. The molecule has 1 aromatic rings. The van der Waals surface area contributed by atoms with E-state index in [0.717, 1.165) is 11.1 Å². The molecular weight excluding hydrogens is 200 g/mol. The monoisotopic (exact) mass is 218 g/mol. The number of esters is 1. The van der Waals surface area contributed by atoms with Crippen molar-refractivity contribution in [1.82, 2.24) is 0 Å². The second-order valence-electron chi connectivity index (χ2n) is 3.96. The Morgan fingerprint density at radius 3 is 2.44 bits per heavy atom. The van der Waals surface area contributed by atoms with Gasteiger partial charge in [0.2, 0.25) is 0 Å². The van der Waals surface area contributed by atoms with Gasteiger partial charge in [0.15, 0.2) is 0 Å². The summed E-state index contributed by atoms with van der Waals surface area (Å²) >= 11 is 0. The fourth-order valence-corrected chi connectivity index (χ4v) is 1.49. The van der Waals surface area contributed by atoms with E-state index in [1.165, 1.54) is 0 Å². The van der Waals surface area contributed by atoms with Gasteiger partial charge >= 0.3 is 5.97 Å². The van der Waals surface area contributed by atoms with E-state index in [0.29, 0.717) is 6.61 Å². The number of allylic oxidation sites excluding steroid dienone is 1. The van der Waals surface area contributed by atoms with Gasteiger partial charge in [0, 0.05) is 5.57 Å². The molecule has 0 saturated carbocycles. The number of hydrogen-bond acceptors (Lipinski definition) is 2. The van der Waals surface area contributed by atoms with Crippen LogP contribution in [0.2, 0.25) is 0 Å². The van der Waals surface area contributed by atoms with Crippen LogP contribution in [-0.2, 0) is 16.1 Å². The lowest BCUT2D eigenvalue weighted by atomic mass is 10.0. The summed E-state index contributed by atoms with van der Waals surface area (Å²) in [6.45, 7) is 6.17. The van der Waals surface area contributed by atoms with Crippen LogP contribution in [0.15, 0.2) is 42.0 Å². The first-order chi connectivity index (χ1) is 7.65. The molecule has 0 heterocycles. The minimum atomic E-state index is -0.221. The Bertz CT molecular complexity index is 364. The topological polar surface area (TPSA) is 26.3 Å². The molecule has 0 fully saturated rings. The minimum Gasteiger partial charge on any atom is -0.457 e. The zero-order chi connectivity index (χ0) is 12.0. The number of ether oxygens (including phenoxy) is 1. The minimum absolute atomic E-state index is 0.202. The van der Waals surface area contributed by atoms with Gasteiger partial charge < -0.3 is 4.74 Å². The molecule has 0 aromatic heterocycles. The van der Waals surface area contributed by atoms with Crippen LogP contribution in [0.4, 0.5) is 0 Å². The molecule has 2 nitrogen and oxygen atoms in total. The first-order valence-corrected chi connectivity index (χ1v) is 5.52. The quantitative estimate of drug-likeness (QED) is 0.572. The molecule has 0 bridgehead atoms. The lowest BCUT2D eigenvalue weighted by Gasteiger charge is -2.10. The molecule has 0 unspecified atom stereocenters. The highest BCUT2D eigenvalue weighted by molar-refractivity contribution is 5.88. The van der Waals surface area contributed by atoms with E-state index in [-0.39, 0.29) is 11.9 Å². The maximum absolute atomic E-state index is 11.7. The van der Waals surface area contributed by atoms with Gasteiger partial charge in [0.1, 0.15) is 6.61 Å². The van der Waals surface area contributed by atoms with Crippen molar-refractivity contribution in [2.45, 2.75) is 27.4 Å². The molecule has 0 spiro atoms. The Morgan fingerprint density at radius 2 is 1.94 bits per heavy atom. The SMILES string of the molecule is C/C=C(\C(=O)OCc1ccccc1)C(C)C. The molecule has 0 saturated heterocycles. The molecular formula is C14H18O2. The predicted octanol–water partition coefficient (Wildman–Crippen LogP) is 3.33. The van der Waals surface area contributed by atoms with Crippen LogP contribution >= 0.6 is 0 Å². The van der Waals surface area contributed by atoms with Crippen molar-refractivity contribution in [3.63, 3.8) is 0 Å². The fourth-order valence-electron chi connectivity index (χ4n) is 1.49. The summed E-state index contributed by atoms with van der Waals surface area (Å²) in [7, 11) is 0. The van der Waals surface area contributed by atoms with Crippen molar-refractivity contribution in [2.75, 3.05) is 0 Å². The van der Waals surface area contributed by atoms with Gasteiger partial charge in [0.05, 0.1) is 0 Å². The Morgan fingerprint density at radius 1 is 1.31 bits per heavy atom. The van der Waals surface area contributed by atoms with Crippen molar-refractivity contribution in [3.8, 4) is 0 Å². The van der Waals surface area contributed by atoms with Crippen molar-refractivity contribution >= 4 is 5.97 Å². The molecule has 0 radical (unpaired) electrons. The standard InChI is InChI=1S/C14H18O2/c1-4-13(11(2)3)14(15)16-10-12-8-6-5-7-9-12/h4-9,11H,10H2,1-3H3/b13-4-. The average Bonchev–Trinajstić information content (AvgIpc) is 2.28. The summed E-state index contributed by atoms with van der Waals surface area (Å²) in [5.41, 5.74) is 1.74. The highest BCUT2D eigenvalue weighted by Gasteiger charge is 2.13. The second-order valence-corrected chi connectivity index (χ2v) is 3.96. The number of carbonyl (C=O) groups excluding carboxylic acids is 1. The van der Waals surface area contributed by atoms with E-state index in [4.69, 9.17) is 4.74 Å². The smallest absolute Gasteiger partial charge is 0.334 e. The van der Waals surface area contributed by atoms with E-state index in [2.05, 4.69) is 0 Å². The van der Waals surface area contributed by atoms with Crippen LogP contribution in [0.1, 0.15) is 26.3 Å². The third-order valence-corrected chi connectivity index (χ3v) is 2.38. The third kappa shape index (κ3) is 3.54. The maximum Gasteiger partial charge on any atom is 0.334 e. The molecule has 0 N–H and O–H groups in total. The van der Waals surface area contributed by atoms with Crippen LogP contribution in [0.3, 0.4) is 0 Å². The molecule has 1 aromatic carbocycles. The summed E-state index contributed by atoms with van der Waals surface area (Å²) < 4.78 is 5.24. The van der Waals surface area contributed by atoms with Crippen LogP contribution in [-0.4, -0.2) is 5.97 Å². The second kappa shape index (κ2) is 6.11. The Kier molecular flexibility index (Phi) is 4.77. The Labute approximate surface area is 96.9 Å². The summed E-state index contributed by atoms with van der Waals surface area (Å²) in [5.74, 6) is -0.0189. The van der Waals surface area contributed by atoms with Gasteiger partial charge in [-0.25, -0.2) is 4.79 Å². The number of carbonyl (C=O) groups is 1. The summed E-state index contributed by atoms with van der Waals surface area (Å²) in [6.07, 6.45) is 1.82. The van der Waals surface area contributed by atoms with Crippen molar-refractivity contribution in [3.05, 3.63) is 47.5 Å². The van der Waals surface area contributed by atoms with Crippen molar-refractivity contribution in [2.24, 2.45) is 5.92 Å². The number of rotatable bonds is 4. The average molecular weight is 218 g/mol. The van der Waals surface area contributed by atoms with Gasteiger partial charge in [-0.2, -0.15) is 0 Å². The van der Waals surface area contributed by atoms with E-state index in [1.807, 2.05) is 57.2 Å². The van der Waals surface area contributed by atoms with E-state index in [9.17, 15) is 4.79 Å². The molecule has 0 aliphatic heterocycles. The normalized spacial score (nSPS) is 11.6. The maximum atomic E-state index is 11.7. The van der Waals surface area contributed by atoms with Crippen molar-refractivity contribution in [1.29, 1.82) is 0 Å². The molecule has 0 atom stereocenters. The highest BCUT2D eigenvalue weighted by atomic mass is 16.5. The predicted molar refractivity (Wildman–Crippen MR) is 64.8 cm³/mol.